The summed E-state index contributed by atoms with van der Waals surface area (Å²) >= 11 is 0. The molecule has 20 heavy (non-hydrogen) atoms. The van der Waals surface area contributed by atoms with E-state index in [1.54, 1.807) is 6.20 Å². The first-order valence-electron chi connectivity index (χ1n) is 6.36. The lowest BCUT2D eigenvalue weighted by Gasteiger charge is -2.11. The maximum absolute atomic E-state index is 13.6. The van der Waals surface area contributed by atoms with E-state index in [0.29, 0.717) is 6.54 Å². The lowest BCUT2D eigenvalue weighted by atomic mass is 10.1. The molecule has 6 heteroatoms. The molecule has 4 nitrogen and oxygen atoms in total. The van der Waals surface area contributed by atoms with Crippen LogP contribution in [0.25, 0.3) is 0 Å². The molecule has 0 unspecified atom stereocenters. The molecule has 0 aromatic carbocycles. The highest BCUT2D eigenvalue weighted by atomic mass is 19.1. The average molecular weight is 278 g/mol. The first kappa shape index (κ1) is 14.2. The highest BCUT2D eigenvalue weighted by molar-refractivity contribution is 5.47. The summed E-state index contributed by atoms with van der Waals surface area (Å²) in [5, 5.41) is 5.43. The Kier molecular flexibility index (Phi) is 4.45. The van der Waals surface area contributed by atoms with Crippen molar-refractivity contribution in [2.75, 3.05) is 17.7 Å². The molecule has 2 aromatic heterocycles. The zero-order valence-corrected chi connectivity index (χ0v) is 11.4. The molecule has 106 valence electrons. The molecule has 2 N–H and O–H groups in total. The molecule has 0 saturated carbocycles. The second-order valence-corrected chi connectivity index (χ2v) is 4.22. The van der Waals surface area contributed by atoms with Crippen molar-refractivity contribution in [3.05, 3.63) is 47.3 Å². The summed E-state index contributed by atoms with van der Waals surface area (Å²) in [7, 11) is 1.53. The molecule has 0 spiro atoms. The molecule has 0 saturated heterocycles. The van der Waals surface area contributed by atoms with Gasteiger partial charge in [0.15, 0.2) is 23.3 Å². The average Bonchev–Trinajstić information content (AvgIpc) is 2.46. The van der Waals surface area contributed by atoms with E-state index >= 15 is 0 Å². The summed E-state index contributed by atoms with van der Waals surface area (Å²) in [6.45, 7) is 2.36. The van der Waals surface area contributed by atoms with Crippen molar-refractivity contribution in [3.63, 3.8) is 0 Å². The highest BCUT2D eigenvalue weighted by Crippen LogP contribution is 2.19. The smallest absolute Gasteiger partial charge is 0.168 e. The molecule has 0 aliphatic carbocycles. The molecule has 0 bridgehead atoms. The standard InChI is InChI=1S/C14H16F2N4/c1-3-9-5-4-6-18-12(9)8-19-14-11(16)7-10(15)13(17-2)20-14/h4-7H,3,8H2,1-2H3,(H2,17,19,20). The largest absolute Gasteiger partial charge is 0.371 e. The number of halogens is 2. The minimum atomic E-state index is -0.726. The topological polar surface area (TPSA) is 49.8 Å². The number of aromatic nitrogens is 2. The van der Waals surface area contributed by atoms with Crippen molar-refractivity contribution in [1.29, 1.82) is 0 Å². The Labute approximate surface area is 116 Å². The molecule has 2 aromatic rings. The number of pyridine rings is 2. The van der Waals surface area contributed by atoms with E-state index in [1.165, 1.54) is 7.05 Å². The monoisotopic (exact) mass is 278 g/mol. The van der Waals surface area contributed by atoms with Crippen molar-refractivity contribution in [2.45, 2.75) is 19.9 Å². The predicted octanol–water partition coefficient (Wildman–Crippen LogP) is 2.97. The third-order valence-electron chi connectivity index (χ3n) is 2.95. The molecular weight excluding hydrogens is 262 g/mol. The molecule has 0 amide bonds. The van der Waals surface area contributed by atoms with E-state index in [0.717, 1.165) is 23.7 Å². The summed E-state index contributed by atoms with van der Waals surface area (Å²) in [4.78, 5) is 8.11. The van der Waals surface area contributed by atoms with Gasteiger partial charge in [0.05, 0.1) is 12.2 Å². The second-order valence-electron chi connectivity index (χ2n) is 4.22. The van der Waals surface area contributed by atoms with Crippen molar-refractivity contribution < 1.29 is 8.78 Å². The maximum Gasteiger partial charge on any atom is 0.168 e. The first-order chi connectivity index (χ1) is 9.65. The van der Waals surface area contributed by atoms with Crippen LogP contribution in [0, 0.1) is 11.6 Å². The number of nitrogens with one attached hydrogen (secondary N) is 2. The number of aryl methyl sites for hydroxylation is 1. The van der Waals surface area contributed by atoms with E-state index in [2.05, 4.69) is 20.6 Å². The van der Waals surface area contributed by atoms with Crippen molar-refractivity contribution >= 4 is 11.6 Å². The normalized spacial score (nSPS) is 10.4. The molecule has 0 aliphatic heterocycles. The van der Waals surface area contributed by atoms with Gasteiger partial charge in [0.25, 0.3) is 0 Å². The van der Waals surface area contributed by atoms with Crippen LogP contribution in [-0.4, -0.2) is 17.0 Å². The fourth-order valence-corrected chi connectivity index (χ4v) is 1.89. The Morgan fingerprint density at radius 3 is 2.65 bits per heavy atom. The van der Waals surface area contributed by atoms with E-state index in [9.17, 15) is 8.78 Å². The fourth-order valence-electron chi connectivity index (χ4n) is 1.89. The number of rotatable bonds is 5. The van der Waals surface area contributed by atoms with E-state index in [4.69, 9.17) is 0 Å². The maximum atomic E-state index is 13.6. The Hall–Kier alpha value is -2.24. The molecule has 0 atom stereocenters. The van der Waals surface area contributed by atoms with E-state index in [-0.39, 0.29) is 11.6 Å². The summed E-state index contributed by atoms with van der Waals surface area (Å²) < 4.78 is 26.9. The quantitative estimate of drug-likeness (QED) is 0.883. The lowest BCUT2D eigenvalue weighted by Crippen LogP contribution is -2.09. The van der Waals surface area contributed by atoms with Crippen molar-refractivity contribution in [1.82, 2.24) is 9.97 Å². The van der Waals surface area contributed by atoms with Crippen molar-refractivity contribution in [2.24, 2.45) is 0 Å². The Morgan fingerprint density at radius 2 is 1.95 bits per heavy atom. The van der Waals surface area contributed by atoms with Crippen LogP contribution in [0.3, 0.4) is 0 Å². The van der Waals surface area contributed by atoms with E-state index in [1.807, 2.05) is 19.1 Å². The number of anilines is 2. The third kappa shape index (κ3) is 3.01. The molecule has 0 fully saturated rings. The zero-order chi connectivity index (χ0) is 14.5. The van der Waals surface area contributed by atoms with Crippen LogP contribution in [0.5, 0.6) is 0 Å². The van der Waals surface area contributed by atoms with Gasteiger partial charge in [-0.25, -0.2) is 13.8 Å². The summed E-state index contributed by atoms with van der Waals surface area (Å²) in [5.41, 5.74) is 1.91. The van der Waals surface area contributed by atoms with Crippen LogP contribution >= 0.6 is 0 Å². The van der Waals surface area contributed by atoms with Gasteiger partial charge in [-0.15, -0.1) is 0 Å². The Morgan fingerprint density at radius 1 is 1.20 bits per heavy atom. The van der Waals surface area contributed by atoms with Crippen LogP contribution < -0.4 is 10.6 Å². The SMILES string of the molecule is CCc1cccnc1CNc1nc(NC)c(F)cc1F. The summed E-state index contributed by atoms with van der Waals surface area (Å²) in [6.07, 6.45) is 2.52. The Balaban J connectivity index is 2.18. The minimum absolute atomic E-state index is 0.00320. The van der Waals surface area contributed by atoms with Crippen LogP contribution in [0.1, 0.15) is 18.2 Å². The van der Waals surface area contributed by atoms with Crippen molar-refractivity contribution in [3.8, 4) is 0 Å². The van der Waals surface area contributed by atoms with Crippen LogP contribution in [-0.2, 0) is 13.0 Å². The fraction of sp³-hybridized carbons (Fsp3) is 0.286. The van der Waals surface area contributed by atoms with Gasteiger partial charge < -0.3 is 10.6 Å². The molecular formula is C14H16F2N4. The van der Waals surface area contributed by atoms with Crippen LogP contribution in [0.15, 0.2) is 24.4 Å². The van der Waals surface area contributed by atoms with Gasteiger partial charge in [-0.2, -0.15) is 0 Å². The van der Waals surface area contributed by atoms with Gasteiger partial charge >= 0.3 is 0 Å². The van der Waals surface area contributed by atoms with E-state index < -0.39 is 11.6 Å². The van der Waals surface area contributed by atoms with Gasteiger partial charge in [0.2, 0.25) is 0 Å². The minimum Gasteiger partial charge on any atom is -0.371 e. The highest BCUT2D eigenvalue weighted by Gasteiger charge is 2.11. The first-order valence-corrected chi connectivity index (χ1v) is 6.36. The Bertz CT molecular complexity index is 602. The number of hydrogen-bond acceptors (Lipinski definition) is 4. The van der Waals surface area contributed by atoms with Gasteiger partial charge in [-0.1, -0.05) is 13.0 Å². The third-order valence-corrected chi connectivity index (χ3v) is 2.95. The molecule has 2 heterocycles. The van der Waals surface area contributed by atoms with Gasteiger partial charge in [0, 0.05) is 19.3 Å². The summed E-state index contributed by atoms with van der Waals surface area (Å²) in [5.74, 6) is -1.44. The zero-order valence-electron chi connectivity index (χ0n) is 11.4. The van der Waals surface area contributed by atoms with Crippen LogP contribution in [0.4, 0.5) is 20.4 Å². The van der Waals surface area contributed by atoms with Gasteiger partial charge in [-0.3, -0.25) is 4.98 Å². The van der Waals surface area contributed by atoms with Gasteiger partial charge in [0.1, 0.15) is 0 Å². The molecule has 0 aliphatic rings. The lowest BCUT2D eigenvalue weighted by molar-refractivity contribution is 0.578. The number of nitrogens with zero attached hydrogens (tertiary/aromatic N) is 2. The van der Waals surface area contributed by atoms with Gasteiger partial charge in [-0.05, 0) is 18.1 Å². The summed E-state index contributed by atoms with van der Waals surface area (Å²) in [6, 6.07) is 4.63. The molecule has 2 rings (SSSR count). The van der Waals surface area contributed by atoms with Crippen LogP contribution in [0.2, 0.25) is 0 Å². The second kappa shape index (κ2) is 6.27. The molecule has 0 radical (unpaired) electrons. The predicted molar refractivity (Wildman–Crippen MR) is 74.6 cm³/mol. The number of hydrogen-bond donors (Lipinski definition) is 2.